The summed E-state index contributed by atoms with van der Waals surface area (Å²) in [7, 11) is 0. The molecule has 1 aromatic carbocycles. The second-order valence-electron chi connectivity index (χ2n) is 8.68. The molecule has 176 valence electrons. The van der Waals surface area contributed by atoms with Crippen LogP contribution in [0.15, 0.2) is 55.1 Å². The van der Waals surface area contributed by atoms with Gasteiger partial charge >= 0.3 is 0 Å². The summed E-state index contributed by atoms with van der Waals surface area (Å²) in [6.45, 7) is 2.27. The summed E-state index contributed by atoms with van der Waals surface area (Å²) in [4.78, 5) is 35.8. The molecular weight excluding hydrogens is 437 g/mol. The fraction of sp³-hybridized carbons (Fsp3) is 0.360. The number of nitrogens with one attached hydrogen (secondary N) is 1. The smallest absolute Gasteiger partial charge is 0.274 e. The van der Waals surface area contributed by atoms with E-state index in [9.17, 15) is 14.0 Å². The summed E-state index contributed by atoms with van der Waals surface area (Å²) < 4.78 is 21.1. The third kappa shape index (κ3) is 4.70. The predicted molar refractivity (Wildman–Crippen MR) is 121 cm³/mol. The maximum Gasteiger partial charge on any atom is 0.274 e. The van der Waals surface area contributed by atoms with Crippen LogP contribution in [0.3, 0.4) is 0 Å². The number of amides is 2. The molecule has 0 aliphatic carbocycles. The zero-order valence-electron chi connectivity index (χ0n) is 18.7. The molecule has 1 unspecified atom stereocenters. The van der Waals surface area contributed by atoms with Crippen molar-refractivity contribution in [3.8, 4) is 0 Å². The van der Waals surface area contributed by atoms with Crippen molar-refractivity contribution in [3.05, 3.63) is 83.5 Å². The molecule has 0 saturated carbocycles. The molecular formula is C25H26FN5O3. The van der Waals surface area contributed by atoms with Crippen LogP contribution in [0.4, 0.5) is 4.39 Å². The molecule has 0 radical (unpaired) electrons. The molecule has 8 nitrogen and oxygen atoms in total. The van der Waals surface area contributed by atoms with Crippen LogP contribution in [-0.4, -0.2) is 44.3 Å². The minimum absolute atomic E-state index is 0.0171. The Morgan fingerprint density at radius 3 is 2.56 bits per heavy atom. The number of pyridine rings is 1. The molecule has 1 atom stereocenters. The van der Waals surface area contributed by atoms with Crippen molar-refractivity contribution in [2.75, 3.05) is 13.1 Å². The molecule has 2 amide bonds. The Bertz CT molecular complexity index is 1160. The fourth-order valence-corrected chi connectivity index (χ4v) is 4.51. The maximum atomic E-state index is 13.2. The third-order valence-corrected chi connectivity index (χ3v) is 6.54. The van der Waals surface area contributed by atoms with E-state index in [4.69, 9.17) is 4.74 Å². The van der Waals surface area contributed by atoms with Crippen molar-refractivity contribution >= 4 is 11.8 Å². The SMILES string of the molecule is O=C(NCc1ccncc1)C1CCN(C(=O)c2ncn3c2COC(c2ccc(F)cc2)C3)CC1. The van der Waals surface area contributed by atoms with E-state index in [2.05, 4.69) is 15.3 Å². The van der Waals surface area contributed by atoms with E-state index < -0.39 is 0 Å². The number of ether oxygens (including phenoxy) is 1. The van der Waals surface area contributed by atoms with E-state index in [1.807, 2.05) is 16.7 Å². The van der Waals surface area contributed by atoms with Gasteiger partial charge in [-0.1, -0.05) is 12.1 Å². The summed E-state index contributed by atoms with van der Waals surface area (Å²) in [5.74, 6) is -0.510. The molecule has 3 aromatic rings. The standard InChI is InChI=1S/C25H26FN5O3/c26-20-3-1-18(2-4-20)22-14-31-16-29-23(21(31)15-34-22)25(33)30-11-7-19(8-12-30)24(32)28-13-17-5-9-27-10-6-17/h1-6,9-10,16,19,22H,7-8,11-15H2,(H,28,32). The minimum atomic E-state index is -0.286. The summed E-state index contributed by atoms with van der Waals surface area (Å²) >= 11 is 0. The lowest BCUT2D eigenvalue weighted by Gasteiger charge is -2.31. The van der Waals surface area contributed by atoms with Crippen LogP contribution in [0.2, 0.25) is 0 Å². The van der Waals surface area contributed by atoms with Crippen molar-refractivity contribution in [3.63, 3.8) is 0 Å². The molecule has 4 heterocycles. The molecule has 2 aromatic heterocycles. The summed E-state index contributed by atoms with van der Waals surface area (Å²) in [5, 5.41) is 2.98. The van der Waals surface area contributed by atoms with Crippen molar-refractivity contribution in [2.45, 2.75) is 38.6 Å². The zero-order valence-corrected chi connectivity index (χ0v) is 18.7. The number of benzene rings is 1. The van der Waals surface area contributed by atoms with Gasteiger partial charge in [0.05, 0.1) is 25.2 Å². The predicted octanol–water partition coefficient (Wildman–Crippen LogP) is 2.86. The first-order chi connectivity index (χ1) is 16.6. The van der Waals surface area contributed by atoms with Crippen LogP contribution in [0.25, 0.3) is 0 Å². The highest BCUT2D eigenvalue weighted by molar-refractivity contribution is 5.93. The van der Waals surface area contributed by atoms with Gasteiger partial charge in [-0.25, -0.2) is 9.37 Å². The molecule has 0 spiro atoms. The zero-order chi connectivity index (χ0) is 23.5. The Hall–Kier alpha value is -3.59. The highest BCUT2D eigenvalue weighted by Crippen LogP contribution is 2.29. The third-order valence-electron chi connectivity index (χ3n) is 6.54. The van der Waals surface area contributed by atoms with Crippen LogP contribution in [0.1, 0.15) is 46.3 Å². The van der Waals surface area contributed by atoms with Gasteiger partial charge in [-0.15, -0.1) is 0 Å². The Kier molecular flexibility index (Phi) is 6.35. The van der Waals surface area contributed by atoms with Crippen LogP contribution >= 0.6 is 0 Å². The first-order valence-corrected chi connectivity index (χ1v) is 11.5. The molecule has 5 rings (SSSR count). The monoisotopic (exact) mass is 463 g/mol. The highest BCUT2D eigenvalue weighted by atomic mass is 19.1. The van der Waals surface area contributed by atoms with E-state index >= 15 is 0 Å². The average Bonchev–Trinajstić information content (AvgIpc) is 3.31. The molecule has 0 bridgehead atoms. The number of rotatable bonds is 5. The number of piperidine rings is 1. The quantitative estimate of drug-likeness (QED) is 0.629. The van der Waals surface area contributed by atoms with E-state index in [0.29, 0.717) is 44.7 Å². The first kappa shape index (κ1) is 22.2. The summed E-state index contributed by atoms with van der Waals surface area (Å²) in [6.07, 6.45) is 6.09. The van der Waals surface area contributed by atoms with Gasteiger partial charge in [0.1, 0.15) is 11.9 Å². The van der Waals surface area contributed by atoms with Crippen LogP contribution in [0.5, 0.6) is 0 Å². The van der Waals surface area contributed by atoms with Gasteiger partial charge in [0.25, 0.3) is 5.91 Å². The molecule has 2 aliphatic rings. The van der Waals surface area contributed by atoms with Crippen LogP contribution < -0.4 is 5.32 Å². The summed E-state index contributed by atoms with van der Waals surface area (Å²) in [6, 6.07) is 10.0. The molecule has 34 heavy (non-hydrogen) atoms. The van der Waals surface area contributed by atoms with Gasteiger partial charge in [-0.05, 0) is 48.2 Å². The molecule has 9 heteroatoms. The first-order valence-electron chi connectivity index (χ1n) is 11.5. The number of hydrogen-bond acceptors (Lipinski definition) is 5. The van der Waals surface area contributed by atoms with Crippen molar-refractivity contribution in [1.82, 2.24) is 24.8 Å². The number of halogens is 1. The Morgan fingerprint density at radius 2 is 1.82 bits per heavy atom. The second-order valence-corrected chi connectivity index (χ2v) is 8.68. The second kappa shape index (κ2) is 9.72. The molecule has 2 aliphatic heterocycles. The molecule has 1 saturated heterocycles. The Morgan fingerprint density at radius 1 is 1.09 bits per heavy atom. The number of nitrogens with zero attached hydrogens (tertiary/aromatic N) is 4. The van der Waals surface area contributed by atoms with Crippen molar-refractivity contribution in [2.24, 2.45) is 5.92 Å². The normalized spacial score (nSPS) is 18.4. The van der Waals surface area contributed by atoms with Gasteiger partial charge in [-0.3, -0.25) is 14.6 Å². The lowest BCUT2D eigenvalue weighted by molar-refractivity contribution is -0.126. The average molecular weight is 464 g/mol. The number of carbonyl (C=O) groups excluding carboxylic acids is 2. The van der Waals surface area contributed by atoms with Gasteiger partial charge in [0.2, 0.25) is 5.91 Å². The van der Waals surface area contributed by atoms with Crippen LogP contribution in [0, 0.1) is 11.7 Å². The van der Waals surface area contributed by atoms with Gasteiger partial charge in [0.15, 0.2) is 5.69 Å². The van der Waals surface area contributed by atoms with Gasteiger partial charge < -0.3 is 19.5 Å². The highest BCUT2D eigenvalue weighted by Gasteiger charge is 2.32. The van der Waals surface area contributed by atoms with Crippen LogP contribution in [-0.2, 0) is 29.2 Å². The van der Waals surface area contributed by atoms with Crippen molar-refractivity contribution < 1.29 is 18.7 Å². The topological polar surface area (TPSA) is 89.4 Å². The lowest BCUT2D eigenvalue weighted by atomic mass is 9.95. The number of likely N-dealkylation sites (tertiary alicyclic amines) is 1. The van der Waals surface area contributed by atoms with E-state index in [1.54, 1.807) is 35.8 Å². The maximum absolute atomic E-state index is 13.2. The van der Waals surface area contributed by atoms with E-state index in [0.717, 1.165) is 16.8 Å². The lowest BCUT2D eigenvalue weighted by Crippen LogP contribution is -2.43. The largest absolute Gasteiger partial charge is 0.365 e. The number of fused-ring (bicyclic) bond motifs is 1. The fourth-order valence-electron chi connectivity index (χ4n) is 4.51. The number of hydrogen-bond donors (Lipinski definition) is 1. The van der Waals surface area contributed by atoms with Gasteiger partial charge in [-0.2, -0.15) is 0 Å². The molecule has 1 N–H and O–H groups in total. The van der Waals surface area contributed by atoms with Gasteiger partial charge in [0, 0.05) is 37.9 Å². The number of aromatic nitrogens is 3. The van der Waals surface area contributed by atoms with E-state index in [-0.39, 0.29) is 36.3 Å². The Labute approximate surface area is 196 Å². The molecule has 1 fully saturated rings. The minimum Gasteiger partial charge on any atom is -0.365 e. The Balaban J connectivity index is 1.16. The van der Waals surface area contributed by atoms with Crippen molar-refractivity contribution in [1.29, 1.82) is 0 Å². The number of carbonyl (C=O) groups is 2. The van der Waals surface area contributed by atoms with E-state index in [1.165, 1.54) is 12.1 Å². The number of imidazole rings is 1. The summed E-state index contributed by atoms with van der Waals surface area (Å²) in [5.41, 5.74) is 3.04.